The first-order valence-corrected chi connectivity index (χ1v) is 9.36. The van der Waals surface area contributed by atoms with Crippen molar-refractivity contribution in [1.29, 1.82) is 0 Å². The molecule has 1 fully saturated rings. The maximum absolute atomic E-state index is 11.8. The van der Waals surface area contributed by atoms with Crippen LogP contribution >= 0.6 is 0 Å². The van der Waals surface area contributed by atoms with Gasteiger partial charge in [0.15, 0.2) is 17.1 Å². The molecule has 1 heterocycles. The number of carbonyl (C=O) groups is 2. The van der Waals surface area contributed by atoms with E-state index in [4.69, 9.17) is 9.26 Å². The smallest absolute Gasteiger partial charge is 0.343 e. The van der Waals surface area contributed by atoms with E-state index < -0.39 is 5.97 Å². The Hall–Kier alpha value is -3.03. The summed E-state index contributed by atoms with van der Waals surface area (Å²) in [5.74, 6) is 0.546. The van der Waals surface area contributed by atoms with Gasteiger partial charge in [-0.05, 0) is 55.9 Å². The average molecular weight is 387 g/mol. The number of ether oxygens (including phenoxy) is 1. The SMILES string of the molecule is CNC(=O)C1CCC(CNc2noc(-c3ccc(OC)cc3)c2C(=O)O)CC1. The van der Waals surface area contributed by atoms with Crippen molar-refractivity contribution >= 4 is 17.7 Å². The molecule has 0 saturated heterocycles. The zero-order valence-corrected chi connectivity index (χ0v) is 16.0. The number of benzene rings is 1. The topological polar surface area (TPSA) is 114 Å². The van der Waals surface area contributed by atoms with Crippen LogP contribution in [0.3, 0.4) is 0 Å². The fourth-order valence-corrected chi connectivity index (χ4v) is 3.62. The predicted octanol–water partition coefficient (Wildman–Crippen LogP) is 3.01. The maximum Gasteiger partial charge on any atom is 0.343 e. The van der Waals surface area contributed by atoms with Gasteiger partial charge in [-0.25, -0.2) is 4.79 Å². The molecule has 3 rings (SSSR count). The quantitative estimate of drug-likeness (QED) is 0.669. The Morgan fingerprint density at radius 1 is 1.21 bits per heavy atom. The number of methoxy groups -OCH3 is 1. The summed E-state index contributed by atoms with van der Waals surface area (Å²) < 4.78 is 10.5. The first-order chi connectivity index (χ1) is 13.5. The monoisotopic (exact) mass is 387 g/mol. The van der Waals surface area contributed by atoms with Crippen molar-refractivity contribution in [3.63, 3.8) is 0 Å². The summed E-state index contributed by atoms with van der Waals surface area (Å²) in [6.07, 6.45) is 3.51. The van der Waals surface area contributed by atoms with E-state index >= 15 is 0 Å². The molecule has 3 N–H and O–H groups in total. The van der Waals surface area contributed by atoms with E-state index in [0.29, 0.717) is 23.8 Å². The summed E-state index contributed by atoms with van der Waals surface area (Å²) in [4.78, 5) is 23.5. The predicted molar refractivity (Wildman–Crippen MR) is 103 cm³/mol. The Balaban J connectivity index is 1.67. The van der Waals surface area contributed by atoms with Crippen molar-refractivity contribution in [1.82, 2.24) is 10.5 Å². The number of rotatable bonds is 7. The molecule has 0 bridgehead atoms. The number of carboxylic acid groups (broad SMARTS) is 1. The fraction of sp³-hybridized carbons (Fsp3) is 0.450. The van der Waals surface area contributed by atoms with E-state index in [1.165, 1.54) is 0 Å². The largest absolute Gasteiger partial charge is 0.497 e. The molecule has 1 aliphatic carbocycles. The van der Waals surface area contributed by atoms with Gasteiger partial charge in [-0.2, -0.15) is 0 Å². The molecule has 28 heavy (non-hydrogen) atoms. The molecule has 8 nitrogen and oxygen atoms in total. The zero-order valence-electron chi connectivity index (χ0n) is 16.0. The molecule has 150 valence electrons. The number of hydrogen-bond acceptors (Lipinski definition) is 6. The van der Waals surface area contributed by atoms with Gasteiger partial charge in [-0.15, -0.1) is 0 Å². The van der Waals surface area contributed by atoms with Gasteiger partial charge in [-0.3, -0.25) is 4.79 Å². The normalized spacial score (nSPS) is 19.1. The Morgan fingerprint density at radius 3 is 2.46 bits per heavy atom. The average Bonchev–Trinajstić information content (AvgIpc) is 3.16. The number of aromatic carboxylic acids is 1. The number of nitrogens with one attached hydrogen (secondary N) is 2. The summed E-state index contributed by atoms with van der Waals surface area (Å²) in [5.41, 5.74) is 0.633. The molecule has 1 aliphatic rings. The number of carboxylic acids is 1. The summed E-state index contributed by atoms with van der Waals surface area (Å²) in [6.45, 7) is 0.593. The number of carbonyl (C=O) groups excluding carboxylic acids is 1. The molecule has 1 saturated carbocycles. The third-order valence-electron chi connectivity index (χ3n) is 5.28. The van der Waals surface area contributed by atoms with Crippen molar-refractivity contribution in [3.8, 4) is 17.1 Å². The van der Waals surface area contributed by atoms with Gasteiger partial charge in [-0.1, -0.05) is 5.16 Å². The highest BCUT2D eigenvalue weighted by atomic mass is 16.5. The van der Waals surface area contributed by atoms with Crippen molar-refractivity contribution in [2.75, 3.05) is 26.0 Å². The molecular formula is C20H25N3O5. The van der Waals surface area contributed by atoms with Crippen LogP contribution in [0.4, 0.5) is 5.82 Å². The molecule has 1 aromatic carbocycles. The first-order valence-electron chi connectivity index (χ1n) is 9.36. The van der Waals surface area contributed by atoms with Crippen molar-refractivity contribution in [2.24, 2.45) is 11.8 Å². The van der Waals surface area contributed by atoms with Gasteiger partial charge in [0.25, 0.3) is 0 Å². The summed E-state index contributed by atoms with van der Waals surface area (Å²) in [6, 6.07) is 6.94. The maximum atomic E-state index is 11.8. The van der Waals surface area contributed by atoms with Crippen LogP contribution in [0.5, 0.6) is 5.75 Å². The Kier molecular flexibility index (Phi) is 6.18. The molecule has 2 aromatic rings. The van der Waals surface area contributed by atoms with E-state index in [0.717, 1.165) is 25.7 Å². The molecule has 0 spiro atoms. The van der Waals surface area contributed by atoms with Crippen LogP contribution in [0.15, 0.2) is 28.8 Å². The second-order valence-corrected chi connectivity index (χ2v) is 6.98. The fourth-order valence-electron chi connectivity index (χ4n) is 3.62. The van der Waals surface area contributed by atoms with E-state index in [-0.39, 0.29) is 29.0 Å². The van der Waals surface area contributed by atoms with Gasteiger partial charge >= 0.3 is 5.97 Å². The van der Waals surface area contributed by atoms with E-state index in [1.807, 2.05) is 0 Å². The molecule has 0 radical (unpaired) electrons. The van der Waals surface area contributed by atoms with Gasteiger partial charge in [0.05, 0.1) is 7.11 Å². The molecule has 8 heteroatoms. The Labute approximate surface area is 163 Å². The molecular weight excluding hydrogens is 362 g/mol. The molecule has 1 aromatic heterocycles. The third kappa shape index (κ3) is 4.27. The number of hydrogen-bond donors (Lipinski definition) is 3. The van der Waals surface area contributed by atoms with Crippen molar-refractivity contribution < 1.29 is 24.0 Å². The highest BCUT2D eigenvalue weighted by Gasteiger charge is 2.27. The highest BCUT2D eigenvalue weighted by Crippen LogP contribution is 2.32. The van der Waals surface area contributed by atoms with Gasteiger partial charge < -0.3 is 25.0 Å². The first kappa shape index (κ1) is 19.7. The number of aromatic nitrogens is 1. The Bertz CT molecular complexity index is 823. The lowest BCUT2D eigenvalue weighted by atomic mass is 9.81. The van der Waals surface area contributed by atoms with Crippen LogP contribution in [0, 0.1) is 11.8 Å². The van der Waals surface area contributed by atoms with Crippen LogP contribution in [0.2, 0.25) is 0 Å². The van der Waals surface area contributed by atoms with Gasteiger partial charge in [0.1, 0.15) is 5.75 Å². The zero-order chi connectivity index (χ0) is 20.1. The van der Waals surface area contributed by atoms with Gasteiger partial charge in [0, 0.05) is 25.1 Å². The minimum Gasteiger partial charge on any atom is -0.497 e. The lowest BCUT2D eigenvalue weighted by molar-refractivity contribution is -0.125. The van der Waals surface area contributed by atoms with E-state index in [9.17, 15) is 14.7 Å². The standard InChI is InChI=1S/C20H25N3O5/c1-21-19(24)14-5-3-12(4-6-14)11-22-18-16(20(25)26)17(28-23-18)13-7-9-15(27-2)10-8-13/h7-10,12,14H,3-6,11H2,1-2H3,(H,21,24)(H,22,23)(H,25,26). The van der Waals surface area contributed by atoms with Crippen LogP contribution in [-0.2, 0) is 4.79 Å². The molecule has 0 atom stereocenters. The lowest BCUT2D eigenvalue weighted by Crippen LogP contribution is -2.32. The minimum atomic E-state index is -1.10. The summed E-state index contributed by atoms with van der Waals surface area (Å²) in [5, 5.41) is 19.4. The van der Waals surface area contributed by atoms with Crippen LogP contribution in [0.25, 0.3) is 11.3 Å². The minimum absolute atomic E-state index is 0.0178. The number of amides is 1. The van der Waals surface area contributed by atoms with E-state index in [2.05, 4.69) is 15.8 Å². The van der Waals surface area contributed by atoms with Crippen LogP contribution < -0.4 is 15.4 Å². The number of nitrogens with zero attached hydrogens (tertiary/aromatic N) is 1. The molecule has 0 unspecified atom stereocenters. The molecule has 1 amide bonds. The molecule has 0 aliphatic heterocycles. The van der Waals surface area contributed by atoms with Crippen LogP contribution in [0.1, 0.15) is 36.0 Å². The van der Waals surface area contributed by atoms with Gasteiger partial charge in [0.2, 0.25) is 5.91 Å². The Morgan fingerprint density at radius 2 is 1.89 bits per heavy atom. The van der Waals surface area contributed by atoms with Crippen LogP contribution in [-0.4, -0.2) is 42.8 Å². The number of anilines is 1. The summed E-state index contributed by atoms with van der Waals surface area (Å²) in [7, 11) is 3.23. The second kappa shape index (κ2) is 8.77. The second-order valence-electron chi connectivity index (χ2n) is 6.98. The third-order valence-corrected chi connectivity index (χ3v) is 5.28. The lowest BCUT2D eigenvalue weighted by Gasteiger charge is -2.27. The highest BCUT2D eigenvalue weighted by molar-refractivity contribution is 5.99. The van der Waals surface area contributed by atoms with Crippen molar-refractivity contribution in [2.45, 2.75) is 25.7 Å². The summed E-state index contributed by atoms with van der Waals surface area (Å²) >= 11 is 0. The van der Waals surface area contributed by atoms with E-state index in [1.54, 1.807) is 38.4 Å². The van der Waals surface area contributed by atoms with Crippen molar-refractivity contribution in [3.05, 3.63) is 29.8 Å².